The van der Waals surface area contributed by atoms with E-state index in [-0.39, 0.29) is 12.5 Å². The molecule has 2 aromatic rings. The molecule has 1 saturated heterocycles. The zero-order valence-electron chi connectivity index (χ0n) is 15.2. The van der Waals surface area contributed by atoms with Gasteiger partial charge in [-0.05, 0) is 42.3 Å². The van der Waals surface area contributed by atoms with Crippen molar-refractivity contribution in [2.24, 2.45) is 5.16 Å². The molecule has 0 spiro atoms. The van der Waals surface area contributed by atoms with Crippen molar-refractivity contribution in [2.45, 2.75) is 6.92 Å². The molecule has 0 aliphatic carbocycles. The summed E-state index contributed by atoms with van der Waals surface area (Å²) in [5.41, 5.74) is 3.64. The van der Waals surface area contributed by atoms with Crippen molar-refractivity contribution in [1.29, 1.82) is 0 Å². The lowest BCUT2D eigenvalue weighted by molar-refractivity contribution is -0.120. The van der Waals surface area contributed by atoms with Crippen LogP contribution in [0, 0.1) is 6.92 Å². The van der Waals surface area contributed by atoms with Gasteiger partial charge in [0, 0.05) is 18.8 Å². The Morgan fingerprint density at radius 1 is 1.26 bits per heavy atom. The second-order valence-electron chi connectivity index (χ2n) is 6.23. The van der Waals surface area contributed by atoms with Gasteiger partial charge in [0.2, 0.25) is 0 Å². The van der Waals surface area contributed by atoms with E-state index < -0.39 is 0 Å². The maximum atomic E-state index is 11.9. The van der Waals surface area contributed by atoms with Gasteiger partial charge in [0.25, 0.3) is 5.91 Å². The van der Waals surface area contributed by atoms with E-state index >= 15 is 0 Å². The van der Waals surface area contributed by atoms with Gasteiger partial charge in [-0.3, -0.25) is 4.79 Å². The molecule has 0 radical (unpaired) electrons. The Bertz CT molecular complexity index is 803. The second kappa shape index (κ2) is 9.39. The van der Waals surface area contributed by atoms with Crippen LogP contribution in [0.1, 0.15) is 11.1 Å². The lowest BCUT2D eigenvalue weighted by Gasteiger charge is -2.28. The predicted octanol–water partition coefficient (Wildman–Crippen LogP) is 3.47. The summed E-state index contributed by atoms with van der Waals surface area (Å²) in [5.74, 6) is -0.319. The zero-order chi connectivity index (χ0) is 19.1. The average molecular weight is 388 g/mol. The molecule has 27 heavy (non-hydrogen) atoms. The van der Waals surface area contributed by atoms with Crippen LogP contribution in [0.15, 0.2) is 47.6 Å². The topological polar surface area (TPSA) is 63.2 Å². The third-order valence-electron chi connectivity index (χ3n) is 4.14. The number of nitrogens with one attached hydrogen (secondary N) is 1. The third kappa shape index (κ3) is 5.70. The van der Waals surface area contributed by atoms with Gasteiger partial charge >= 0.3 is 0 Å². The van der Waals surface area contributed by atoms with Gasteiger partial charge in [-0.1, -0.05) is 35.0 Å². The Morgan fingerprint density at radius 2 is 2.00 bits per heavy atom. The fraction of sp³-hybridized carbons (Fsp3) is 0.300. The highest BCUT2D eigenvalue weighted by Gasteiger charge is 2.10. The van der Waals surface area contributed by atoms with Gasteiger partial charge in [-0.25, -0.2) is 0 Å². The van der Waals surface area contributed by atoms with Crippen LogP contribution < -0.4 is 10.2 Å². The van der Waals surface area contributed by atoms with Gasteiger partial charge in [0.15, 0.2) is 6.61 Å². The minimum atomic E-state index is -0.319. The highest BCUT2D eigenvalue weighted by atomic mass is 35.5. The summed E-state index contributed by atoms with van der Waals surface area (Å²) < 4.78 is 5.36. The number of hydrogen-bond acceptors (Lipinski definition) is 5. The maximum absolute atomic E-state index is 11.9. The van der Waals surface area contributed by atoms with Crippen LogP contribution in [-0.4, -0.2) is 45.0 Å². The first kappa shape index (κ1) is 19.2. The van der Waals surface area contributed by atoms with E-state index in [1.807, 2.05) is 37.3 Å². The molecular formula is C20H22ClN3O3. The number of amides is 1. The Balaban J connectivity index is 1.45. The number of carbonyl (C=O) groups is 1. The number of nitrogens with zero attached hydrogens (tertiary/aromatic N) is 2. The standard InChI is InChI=1S/C20H22ClN3O3/c1-15-2-7-19(18(21)12-15)23-20(25)14-27-22-13-16-3-5-17(6-4-16)24-8-10-26-11-9-24/h2-7,12-13H,8-11,14H2,1H3,(H,23,25). The van der Waals surface area contributed by atoms with Crippen molar-refractivity contribution in [3.63, 3.8) is 0 Å². The molecule has 0 saturated carbocycles. The van der Waals surface area contributed by atoms with E-state index in [2.05, 4.69) is 15.4 Å². The monoisotopic (exact) mass is 387 g/mol. The van der Waals surface area contributed by atoms with Crippen LogP contribution in [0.5, 0.6) is 0 Å². The van der Waals surface area contributed by atoms with Crippen molar-refractivity contribution in [1.82, 2.24) is 0 Å². The fourth-order valence-electron chi connectivity index (χ4n) is 2.69. The molecule has 7 heteroatoms. The number of carbonyl (C=O) groups excluding carboxylic acids is 1. The third-order valence-corrected chi connectivity index (χ3v) is 4.45. The second-order valence-corrected chi connectivity index (χ2v) is 6.64. The van der Waals surface area contributed by atoms with Gasteiger partial charge in [-0.2, -0.15) is 0 Å². The highest BCUT2D eigenvalue weighted by molar-refractivity contribution is 6.33. The highest BCUT2D eigenvalue weighted by Crippen LogP contribution is 2.22. The van der Waals surface area contributed by atoms with E-state index in [4.69, 9.17) is 21.2 Å². The first-order valence-corrected chi connectivity index (χ1v) is 9.14. The van der Waals surface area contributed by atoms with Crippen molar-refractivity contribution in [2.75, 3.05) is 43.1 Å². The van der Waals surface area contributed by atoms with Gasteiger partial charge < -0.3 is 19.8 Å². The summed E-state index contributed by atoms with van der Waals surface area (Å²) in [6, 6.07) is 13.4. The van der Waals surface area contributed by atoms with E-state index in [1.165, 1.54) is 0 Å². The number of anilines is 2. The molecule has 1 fully saturated rings. The Hall–Kier alpha value is -2.57. The molecule has 1 amide bonds. The number of benzene rings is 2. The molecule has 0 unspecified atom stereocenters. The molecule has 1 N–H and O–H groups in total. The first-order valence-electron chi connectivity index (χ1n) is 8.76. The number of aryl methyl sites for hydroxylation is 1. The molecule has 3 rings (SSSR count). The van der Waals surface area contributed by atoms with Crippen LogP contribution in [0.3, 0.4) is 0 Å². The van der Waals surface area contributed by atoms with E-state index in [0.717, 1.165) is 43.1 Å². The van der Waals surface area contributed by atoms with Crippen LogP contribution in [-0.2, 0) is 14.4 Å². The summed E-state index contributed by atoms with van der Waals surface area (Å²) in [5, 5.41) is 7.04. The maximum Gasteiger partial charge on any atom is 0.265 e. The summed E-state index contributed by atoms with van der Waals surface area (Å²) in [7, 11) is 0. The molecule has 1 aliphatic rings. The van der Waals surface area contributed by atoms with Gasteiger partial charge in [0.1, 0.15) is 0 Å². The minimum absolute atomic E-state index is 0.188. The van der Waals surface area contributed by atoms with Crippen molar-refractivity contribution in [3.8, 4) is 0 Å². The van der Waals surface area contributed by atoms with E-state index in [1.54, 1.807) is 18.3 Å². The quantitative estimate of drug-likeness (QED) is 0.609. The smallest absolute Gasteiger partial charge is 0.265 e. The predicted molar refractivity (Wildman–Crippen MR) is 108 cm³/mol. The molecular weight excluding hydrogens is 366 g/mol. The van der Waals surface area contributed by atoms with E-state index in [9.17, 15) is 4.79 Å². The molecule has 142 valence electrons. The van der Waals surface area contributed by atoms with Gasteiger partial charge in [-0.15, -0.1) is 0 Å². The first-order chi connectivity index (χ1) is 13.1. The van der Waals surface area contributed by atoms with Crippen molar-refractivity contribution in [3.05, 3.63) is 58.6 Å². The summed E-state index contributed by atoms with van der Waals surface area (Å²) in [6.07, 6.45) is 1.58. The molecule has 0 atom stereocenters. The molecule has 1 aliphatic heterocycles. The zero-order valence-corrected chi connectivity index (χ0v) is 15.9. The van der Waals surface area contributed by atoms with E-state index in [0.29, 0.717) is 10.7 Å². The van der Waals surface area contributed by atoms with Gasteiger partial charge in [0.05, 0.1) is 30.1 Å². The lowest BCUT2D eigenvalue weighted by atomic mass is 10.2. The number of hydrogen-bond donors (Lipinski definition) is 1. The summed E-state index contributed by atoms with van der Waals surface area (Å²) >= 11 is 6.09. The summed E-state index contributed by atoms with van der Waals surface area (Å²) in [6.45, 7) is 5.06. The fourth-order valence-corrected chi connectivity index (χ4v) is 2.98. The molecule has 1 heterocycles. The number of ether oxygens (including phenoxy) is 1. The summed E-state index contributed by atoms with van der Waals surface area (Å²) in [4.78, 5) is 19.2. The number of oxime groups is 1. The number of rotatable bonds is 6. The Labute approximate surface area is 163 Å². The van der Waals surface area contributed by atoms with Crippen LogP contribution in [0.25, 0.3) is 0 Å². The lowest BCUT2D eigenvalue weighted by Crippen LogP contribution is -2.36. The van der Waals surface area contributed by atoms with Crippen molar-refractivity contribution >= 4 is 35.1 Å². The Morgan fingerprint density at radius 3 is 2.70 bits per heavy atom. The number of morpholine rings is 1. The van der Waals surface area contributed by atoms with Crippen LogP contribution in [0.4, 0.5) is 11.4 Å². The largest absolute Gasteiger partial charge is 0.386 e. The average Bonchev–Trinajstić information content (AvgIpc) is 2.69. The van der Waals surface area contributed by atoms with Crippen LogP contribution in [0.2, 0.25) is 5.02 Å². The number of halogens is 1. The van der Waals surface area contributed by atoms with Crippen molar-refractivity contribution < 1.29 is 14.4 Å². The molecule has 0 aromatic heterocycles. The SMILES string of the molecule is Cc1ccc(NC(=O)CON=Cc2ccc(N3CCOCC3)cc2)c(Cl)c1. The minimum Gasteiger partial charge on any atom is -0.386 e. The molecule has 6 nitrogen and oxygen atoms in total. The molecule has 0 bridgehead atoms. The Kier molecular flexibility index (Phi) is 6.68. The molecule has 2 aromatic carbocycles. The normalized spacial score (nSPS) is 14.4. The van der Waals surface area contributed by atoms with Crippen LogP contribution >= 0.6 is 11.6 Å².